The monoisotopic (exact) mass is 177 g/mol. The first-order chi connectivity index (χ1) is 6.19. The van der Waals surface area contributed by atoms with Crippen LogP contribution in [0, 0.1) is 5.41 Å². The molecular weight excluding hydrogens is 162 g/mol. The maximum atomic E-state index is 9.03. The third-order valence-corrected chi connectivity index (χ3v) is 2.19. The Labute approximate surface area is 78.7 Å². The number of rotatable bonds is 3. The topological polar surface area (TPSA) is 44.1 Å². The summed E-state index contributed by atoms with van der Waals surface area (Å²) < 4.78 is 0. The second kappa shape index (κ2) is 4.19. The van der Waals surface area contributed by atoms with Gasteiger partial charge < -0.3 is 10.5 Å². The SMILES string of the molecule is CCc1cc(C(C)=N)ccc1CO. The van der Waals surface area contributed by atoms with E-state index in [1.54, 1.807) is 6.92 Å². The molecule has 1 rings (SSSR count). The van der Waals surface area contributed by atoms with Crippen LogP contribution < -0.4 is 0 Å². The minimum absolute atomic E-state index is 0.0838. The summed E-state index contributed by atoms with van der Waals surface area (Å²) in [5.41, 5.74) is 3.60. The molecule has 0 bridgehead atoms. The fourth-order valence-electron chi connectivity index (χ4n) is 1.34. The summed E-state index contributed by atoms with van der Waals surface area (Å²) in [5.74, 6) is 0. The average molecular weight is 177 g/mol. The standard InChI is InChI=1S/C11H15NO/c1-3-9-6-10(8(2)12)4-5-11(9)7-13/h4-6,12-13H,3,7H2,1-2H3. The predicted molar refractivity (Wildman–Crippen MR) is 54.2 cm³/mol. The molecule has 0 fully saturated rings. The molecule has 13 heavy (non-hydrogen) atoms. The molecule has 0 heterocycles. The van der Waals surface area contributed by atoms with Crippen LogP contribution in [0.5, 0.6) is 0 Å². The number of hydrogen-bond acceptors (Lipinski definition) is 2. The number of hydrogen-bond donors (Lipinski definition) is 2. The van der Waals surface area contributed by atoms with Gasteiger partial charge in [0.2, 0.25) is 0 Å². The highest BCUT2D eigenvalue weighted by molar-refractivity contribution is 5.96. The van der Waals surface area contributed by atoms with Crippen LogP contribution in [0.4, 0.5) is 0 Å². The van der Waals surface area contributed by atoms with Gasteiger partial charge in [-0.15, -0.1) is 0 Å². The highest BCUT2D eigenvalue weighted by Crippen LogP contribution is 2.13. The van der Waals surface area contributed by atoms with Gasteiger partial charge >= 0.3 is 0 Å². The predicted octanol–water partition coefficient (Wildman–Crippen LogP) is 2.13. The van der Waals surface area contributed by atoms with Crippen LogP contribution in [0.15, 0.2) is 18.2 Å². The van der Waals surface area contributed by atoms with E-state index in [9.17, 15) is 0 Å². The molecule has 0 aliphatic rings. The molecule has 0 aromatic heterocycles. The number of benzene rings is 1. The molecule has 0 amide bonds. The van der Waals surface area contributed by atoms with E-state index >= 15 is 0 Å². The zero-order valence-corrected chi connectivity index (χ0v) is 8.09. The molecule has 0 aliphatic carbocycles. The van der Waals surface area contributed by atoms with Gasteiger partial charge in [0.05, 0.1) is 6.61 Å². The summed E-state index contributed by atoms with van der Waals surface area (Å²) >= 11 is 0. The summed E-state index contributed by atoms with van der Waals surface area (Å²) in [6.45, 7) is 3.91. The van der Waals surface area contributed by atoms with E-state index in [0.29, 0.717) is 5.71 Å². The molecular formula is C11H15NO. The Morgan fingerprint density at radius 1 is 1.38 bits per heavy atom. The van der Waals surface area contributed by atoms with Gasteiger partial charge in [0, 0.05) is 5.71 Å². The van der Waals surface area contributed by atoms with Crippen LogP contribution >= 0.6 is 0 Å². The van der Waals surface area contributed by atoms with E-state index in [-0.39, 0.29) is 6.61 Å². The van der Waals surface area contributed by atoms with Crippen LogP contribution in [0.25, 0.3) is 0 Å². The maximum absolute atomic E-state index is 9.03. The number of aryl methyl sites for hydroxylation is 1. The highest BCUT2D eigenvalue weighted by atomic mass is 16.3. The van der Waals surface area contributed by atoms with Crippen molar-refractivity contribution in [2.75, 3.05) is 0 Å². The summed E-state index contributed by atoms with van der Waals surface area (Å²) in [6.07, 6.45) is 0.900. The Kier molecular flexibility index (Phi) is 3.20. The first-order valence-corrected chi connectivity index (χ1v) is 4.47. The minimum atomic E-state index is 0.0838. The molecule has 1 aromatic rings. The number of aliphatic hydroxyl groups excluding tert-OH is 1. The van der Waals surface area contributed by atoms with Crippen molar-refractivity contribution >= 4 is 5.71 Å². The Balaban J connectivity index is 3.13. The Morgan fingerprint density at radius 2 is 2.08 bits per heavy atom. The average Bonchev–Trinajstić information content (AvgIpc) is 2.16. The van der Waals surface area contributed by atoms with Crippen molar-refractivity contribution in [2.45, 2.75) is 26.9 Å². The summed E-state index contributed by atoms with van der Waals surface area (Å²) in [6, 6.07) is 5.76. The molecule has 0 atom stereocenters. The van der Waals surface area contributed by atoms with Crippen LogP contribution in [-0.4, -0.2) is 10.8 Å². The van der Waals surface area contributed by atoms with Crippen molar-refractivity contribution < 1.29 is 5.11 Å². The molecule has 1 aromatic carbocycles. The van der Waals surface area contributed by atoms with Gasteiger partial charge in [0.15, 0.2) is 0 Å². The van der Waals surface area contributed by atoms with Crippen molar-refractivity contribution in [1.29, 1.82) is 5.41 Å². The van der Waals surface area contributed by atoms with Gasteiger partial charge in [-0.3, -0.25) is 0 Å². The summed E-state index contributed by atoms with van der Waals surface area (Å²) in [4.78, 5) is 0. The number of aliphatic hydroxyl groups is 1. The quantitative estimate of drug-likeness (QED) is 0.682. The lowest BCUT2D eigenvalue weighted by molar-refractivity contribution is 0.280. The van der Waals surface area contributed by atoms with Crippen molar-refractivity contribution in [2.24, 2.45) is 0 Å². The zero-order chi connectivity index (χ0) is 9.84. The van der Waals surface area contributed by atoms with Crippen LogP contribution in [0.1, 0.15) is 30.5 Å². The normalized spacial score (nSPS) is 10.1. The van der Waals surface area contributed by atoms with Gasteiger partial charge in [-0.05, 0) is 36.1 Å². The Bertz CT molecular complexity index is 318. The van der Waals surface area contributed by atoms with E-state index in [1.165, 1.54) is 0 Å². The molecule has 0 aliphatic heterocycles. The lowest BCUT2D eigenvalue weighted by Crippen LogP contribution is -1.98. The van der Waals surface area contributed by atoms with Gasteiger partial charge in [-0.25, -0.2) is 0 Å². The zero-order valence-electron chi connectivity index (χ0n) is 8.09. The second-order valence-corrected chi connectivity index (χ2v) is 3.12. The largest absolute Gasteiger partial charge is 0.392 e. The molecule has 2 heteroatoms. The van der Waals surface area contributed by atoms with Crippen molar-refractivity contribution in [3.63, 3.8) is 0 Å². The summed E-state index contributed by atoms with van der Waals surface area (Å²) in [7, 11) is 0. The Hall–Kier alpha value is -1.15. The van der Waals surface area contributed by atoms with Crippen LogP contribution in [0.2, 0.25) is 0 Å². The summed E-state index contributed by atoms with van der Waals surface area (Å²) in [5, 5.41) is 16.5. The molecule has 0 saturated heterocycles. The van der Waals surface area contributed by atoms with Crippen LogP contribution in [0.3, 0.4) is 0 Å². The van der Waals surface area contributed by atoms with Gasteiger partial charge in [-0.2, -0.15) is 0 Å². The third kappa shape index (κ3) is 2.16. The lowest BCUT2D eigenvalue weighted by atomic mass is 10.0. The number of nitrogens with one attached hydrogen (secondary N) is 1. The first kappa shape index (κ1) is 9.93. The minimum Gasteiger partial charge on any atom is -0.392 e. The fourth-order valence-corrected chi connectivity index (χ4v) is 1.34. The highest BCUT2D eigenvalue weighted by Gasteiger charge is 2.02. The maximum Gasteiger partial charge on any atom is 0.0684 e. The van der Waals surface area contributed by atoms with Crippen molar-refractivity contribution in [3.8, 4) is 0 Å². The molecule has 0 unspecified atom stereocenters. The molecule has 70 valence electrons. The van der Waals surface area contributed by atoms with Gasteiger partial charge in [-0.1, -0.05) is 19.1 Å². The lowest BCUT2D eigenvalue weighted by Gasteiger charge is -2.07. The van der Waals surface area contributed by atoms with E-state index in [4.69, 9.17) is 10.5 Å². The fraction of sp³-hybridized carbons (Fsp3) is 0.364. The smallest absolute Gasteiger partial charge is 0.0684 e. The van der Waals surface area contributed by atoms with E-state index in [0.717, 1.165) is 23.1 Å². The van der Waals surface area contributed by atoms with Gasteiger partial charge in [0.25, 0.3) is 0 Å². The molecule has 2 nitrogen and oxygen atoms in total. The van der Waals surface area contributed by atoms with E-state index in [1.807, 2.05) is 18.2 Å². The molecule has 0 spiro atoms. The van der Waals surface area contributed by atoms with E-state index < -0.39 is 0 Å². The van der Waals surface area contributed by atoms with Crippen molar-refractivity contribution in [3.05, 3.63) is 34.9 Å². The van der Waals surface area contributed by atoms with Crippen molar-refractivity contribution in [1.82, 2.24) is 0 Å². The van der Waals surface area contributed by atoms with Crippen LogP contribution in [-0.2, 0) is 13.0 Å². The Morgan fingerprint density at radius 3 is 2.54 bits per heavy atom. The van der Waals surface area contributed by atoms with Gasteiger partial charge in [0.1, 0.15) is 0 Å². The molecule has 0 saturated carbocycles. The molecule has 2 N–H and O–H groups in total. The first-order valence-electron chi connectivity index (χ1n) is 4.47. The van der Waals surface area contributed by atoms with E-state index in [2.05, 4.69) is 6.92 Å². The molecule has 0 radical (unpaired) electrons. The second-order valence-electron chi connectivity index (χ2n) is 3.12. The third-order valence-electron chi connectivity index (χ3n) is 2.19.